The molecule has 0 amide bonds. The number of unbranched alkanes of at least 4 members (excludes halogenated alkanes) is 14. The van der Waals surface area contributed by atoms with Crippen LogP contribution in [0, 0.1) is 0 Å². The second-order valence-electron chi connectivity index (χ2n) is 7.54. The Kier molecular flexibility index (Phi) is 20.5. The molecular formula is C23H46Si. The molecule has 0 aromatic rings. The molecule has 24 heavy (non-hydrogen) atoms. The van der Waals surface area contributed by atoms with E-state index in [1.807, 2.05) is 0 Å². The predicted molar refractivity (Wildman–Crippen MR) is 117 cm³/mol. The van der Waals surface area contributed by atoms with Gasteiger partial charge in [0.2, 0.25) is 0 Å². The number of rotatable bonds is 18. The fraction of sp³-hybridized carbons (Fsp3) is 0.826. The van der Waals surface area contributed by atoms with Crippen LogP contribution in [0.15, 0.2) is 23.6 Å². The molecule has 0 unspecified atom stereocenters. The monoisotopic (exact) mass is 350 g/mol. The van der Waals surface area contributed by atoms with Crippen molar-refractivity contribution < 1.29 is 0 Å². The van der Waals surface area contributed by atoms with E-state index in [0.29, 0.717) is 0 Å². The molecule has 0 aromatic heterocycles. The number of allylic oxidation sites excluding steroid dienone is 2. The zero-order valence-electron chi connectivity index (χ0n) is 17.2. The molecule has 0 aromatic carbocycles. The fourth-order valence-electron chi connectivity index (χ4n) is 3.12. The van der Waals surface area contributed by atoms with Gasteiger partial charge < -0.3 is 0 Å². The van der Waals surface area contributed by atoms with E-state index in [0.717, 1.165) is 0 Å². The second kappa shape index (κ2) is 20.7. The summed E-state index contributed by atoms with van der Waals surface area (Å²) in [6.07, 6.45) is 27.4. The van der Waals surface area contributed by atoms with Gasteiger partial charge in [0.1, 0.15) is 0 Å². The SMILES string of the molecule is CCCCCCCCCC=C[SiH](C)C=CCCCCCCCCC. The average Bonchev–Trinajstić information content (AvgIpc) is 2.59. The van der Waals surface area contributed by atoms with E-state index in [2.05, 4.69) is 43.9 Å². The summed E-state index contributed by atoms with van der Waals surface area (Å²) in [7, 11) is -0.712. The molecule has 0 rings (SSSR count). The first-order valence-electron chi connectivity index (χ1n) is 11.1. The van der Waals surface area contributed by atoms with Gasteiger partial charge in [-0.05, 0) is 25.7 Å². The van der Waals surface area contributed by atoms with Crippen molar-refractivity contribution in [3.8, 4) is 0 Å². The Balaban J connectivity index is 3.35. The fourth-order valence-corrected chi connectivity index (χ4v) is 4.50. The Morgan fingerprint density at radius 1 is 0.500 bits per heavy atom. The van der Waals surface area contributed by atoms with Crippen LogP contribution in [-0.2, 0) is 0 Å². The van der Waals surface area contributed by atoms with Gasteiger partial charge in [-0.15, -0.1) is 0 Å². The molecule has 142 valence electrons. The molecule has 0 aliphatic carbocycles. The van der Waals surface area contributed by atoms with Crippen LogP contribution in [0.2, 0.25) is 6.55 Å². The summed E-state index contributed by atoms with van der Waals surface area (Å²) < 4.78 is 0. The first-order valence-corrected chi connectivity index (χ1v) is 13.6. The highest BCUT2D eigenvalue weighted by Gasteiger charge is 1.93. The summed E-state index contributed by atoms with van der Waals surface area (Å²) in [5.41, 5.74) is 5.05. The molecule has 0 fully saturated rings. The van der Waals surface area contributed by atoms with Crippen molar-refractivity contribution >= 4 is 8.80 Å². The van der Waals surface area contributed by atoms with Crippen LogP contribution >= 0.6 is 0 Å². The van der Waals surface area contributed by atoms with E-state index in [9.17, 15) is 0 Å². The van der Waals surface area contributed by atoms with Crippen LogP contribution in [-0.4, -0.2) is 8.80 Å². The molecule has 0 heterocycles. The summed E-state index contributed by atoms with van der Waals surface area (Å²) in [4.78, 5) is 0. The lowest BCUT2D eigenvalue weighted by Gasteiger charge is -2.00. The first kappa shape index (κ1) is 23.7. The maximum atomic E-state index is 2.53. The highest BCUT2D eigenvalue weighted by atomic mass is 28.3. The van der Waals surface area contributed by atoms with Gasteiger partial charge >= 0.3 is 0 Å². The molecule has 0 N–H and O–H groups in total. The van der Waals surface area contributed by atoms with Crippen molar-refractivity contribution in [1.29, 1.82) is 0 Å². The lowest BCUT2D eigenvalue weighted by molar-refractivity contribution is 0.592. The van der Waals surface area contributed by atoms with E-state index in [-0.39, 0.29) is 0 Å². The Morgan fingerprint density at radius 2 is 0.833 bits per heavy atom. The topological polar surface area (TPSA) is 0 Å². The van der Waals surface area contributed by atoms with E-state index in [1.54, 1.807) is 0 Å². The quantitative estimate of drug-likeness (QED) is 0.172. The third-order valence-electron chi connectivity index (χ3n) is 4.83. The Hall–Kier alpha value is -0.303. The van der Waals surface area contributed by atoms with Gasteiger partial charge in [0, 0.05) is 0 Å². The van der Waals surface area contributed by atoms with Gasteiger partial charge in [-0.3, -0.25) is 0 Å². The van der Waals surface area contributed by atoms with E-state index >= 15 is 0 Å². The van der Waals surface area contributed by atoms with Crippen LogP contribution in [0.3, 0.4) is 0 Å². The zero-order chi connectivity index (χ0) is 17.7. The molecular weight excluding hydrogens is 304 g/mol. The molecule has 0 radical (unpaired) electrons. The largest absolute Gasteiger partial charge is 0.0977 e. The van der Waals surface area contributed by atoms with Crippen molar-refractivity contribution in [2.75, 3.05) is 0 Å². The lowest BCUT2D eigenvalue weighted by Crippen LogP contribution is -1.97. The maximum Gasteiger partial charge on any atom is 0.0814 e. The summed E-state index contributed by atoms with van der Waals surface area (Å²) in [5, 5.41) is 0. The smallest absolute Gasteiger partial charge is 0.0814 e. The van der Waals surface area contributed by atoms with Crippen LogP contribution < -0.4 is 0 Å². The third-order valence-corrected chi connectivity index (χ3v) is 6.59. The second-order valence-corrected chi connectivity index (χ2v) is 10.0. The van der Waals surface area contributed by atoms with Crippen LogP contribution in [0.25, 0.3) is 0 Å². The van der Waals surface area contributed by atoms with Crippen LogP contribution in [0.1, 0.15) is 117 Å². The van der Waals surface area contributed by atoms with Crippen LogP contribution in [0.5, 0.6) is 0 Å². The summed E-state index contributed by atoms with van der Waals surface area (Å²) in [6.45, 7) is 7.03. The third kappa shape index (κ3) is 19.7. The van der Waals surface area contributed by atoms with Crippen molar-refractivity contribution in [3.63, 3.8) is 0 Å². The van der Waals surface area contributed by atoms with Gasteiger partial charge in [0.25, 0.3) is 0 Å². The van der Waals surface area contributed by atoms with Crippen LogP contribution in [0.4, 0.5) is 0 Å². The Bertz CT molecular complexity index is 252. The minimum Gasteiger partial charge on any atom is -0.0977 e. The van der Waals surface area contributed by atoms with Crippen molar-refractivity contribution in [2.24, 2.45) is 0 Å². The van der Waals surface area contributed by atoms with Crippen molar-refractivity contribution in [1.82, 2.24) is 0 Å². The highest BCUT2D eigenvalue weighted by Crippen LogP contribution is 2.10. The summed E-state index contributed by atoms with van der Waals surface area (Å²) >= 11 is 0. The first-order chi connectivity index (χ1) is 11.8. The van der Waals surface area contributed by atoms with Gasteiger partial charge in [-0.2, -0.15) is 0 Å². The van der Waals surface area contributed by atoms with Gasteiger partial charge in [0.15, 0.2) is 0 Å². The van der Waals surface area contributed by atoms with E-state index in [1.165, 1.54) is 103 Å². The lowest BCUT2D eigenvalue weighted by atomic mass is 10.1. The Labute approximate surface area is 155 Å². The molecule has 0 aliphatic rings. The zero-order valence-corrected chi connectivity index (χ0v) is 18.4. The highest BCUT2D eigenvalue weighted by molar-refractivity contribution is 6.68. The molecule has 0 aliphatic heterocycles. The minimum absolute atomic E-state index is 0.712. The van der Waals surface area contributed by atoms with Crippen molar-refractivity contribution in [3.05, 3.63) is 23.6 Å². The van der Waals surface area contributed by atoms with Crippen molar-refractivity contribution in [2.45, 2.75) is 123 Å². The molecule has 1 heteroatoms. The molecule has 0 saturated heterocycles. The predicted octanol–water partition coefficient (Wildman–Crippen LogP) is 8.32. The summed E-state index contributed by atoms with van der Waals surface area (Å²) in [5.74, 6) is 0. The average molecular weight is 351 g/mol. The van der Waals surface area contributed by atoms with E-state index < -0.39 is 8.80 Å². The number of hydrogen-bond acceptors (Lipinski definition) is 0. The Morgan fingerprint density at radius 3 is 1.21 bits per heavy atom. The standard InChI is InChI=1S/C23H46Si/c1-4-6-8-10-12-14-16-18-20-22-24(3)23-21-19-17-15-13-11-9-7-5-2/h20-24H,4-19H2,1-3H3. The number of hydrogen-bond donors (Lipinski definition) is 0. The van der Waals surface area contributed by atoms with Gasteiger partial charge in [-0.1, -0.05) is 121 Å². The normalized spacial score (nSPS) is 13.3. The molecule has 0 saturated carbocycles. The molecule has 0 nitrogen and oxygen atoms in total. The molecule has 0 atom stereocenters. The van der Waals surface area contributed by atoms with Gasteiger partial charge in [0.05, 0.1) is 8.80 Å². The molecule has 0 bridgehead atoms. The minimum atomic E-state index is -0.712. The molecule has 0 spiro atoms. The summed E-state index contributed by atoms with van der Waals surface area (Å²) in [6, 6.07) is 0. The maximum absolute atomic E-state index is 2.53. The van der Waals surface area contributed by atoms with Gasteiger partial charge in [-0.25, -0.2) is 0 Å². The van der Waals surface area contributed by atoms with E-state index in [4.69, 9.17) is 0 Å².